The molecule has 2 aliphatic heterocycles. The van der Waals surface area contributed by atoms with Gasteiger partial charge in [0.25, 0.3) is 0 Å². The van der Waals surface area contributed by atoms with Gasteiger partial charge >= 0.3 is 0 Å². The predicted molar refractivity (Wildman–Crippen MR) is 139 cm³/mol. The van der Waals surface area contributed by atoms with E-state index in [9.17, 15) is 14.0 Å². The first-order valence-corrected chi connectivity index (χ1v) is 12.7. The van der Waals surface area contributed by atoms with Gasteiger partial charge in [-0.15, -0.1) is 0 Å². The zero-order valence-corrected chi connectivity index (χ0v) is 20.6. The number of piperazine rings is 1. The van der Waals surface area contributed by atoms with Gasteiger partial charge in [0.05, 0.1) is 13.2 Å². The van der Waals surface area contributed by atoms with Crippen LogP contribution in [0, 0.1) is 5.82 Å². The van der Waals surface area contributed by atoms with Crippen LogP contribution in [0.15, 0.2) is 72.8 Å². The maximum atomic E-state index is 13.9. The smallest absolute Gasteiger partial charge is 0.246 e. The zero-order chi connectivity index (χ0) is 25.5. The lowest BCUT2D eigenvalue weighted by Crippen LogP contribution is -2.63. The quantitative estimate of drug-likeness (QED) is 0.422. The number of amides is 2. The summed E-state index contributed by atoms with van der Waals surface area (Å²) in [6.07, 6.45) is 1.01. The lowest BCUT2D eigenvalue weighted by molar-refractivity contribution is -0.158. The number of halogens is 1. The number of carbonyl (C=O) groups excluding carboxylic acids is 2. The van der Waals surface area contributed by atoms with E-state index in [1.165, 1.54) is 12.1 Å². The molecule has 0 bridgehead atoms. The van der Waals surface area contributed by atoms with Gasteiger partial charge in [0.1, 0.15) is 23.7 Å². The van der Waals surface area contributed by atoms with Crippen LogP contribution in [-0.4, -0.2) is 52.3 Å². The number of hydrogen-bond acceptors (Lipinski definition) is 3. The number of aromatic nitrogens is 1. The first-order valence-electron chi connectivity index (χ1n) is 12.7. The maximum absolute atomic E-state index is 13.9. The van der Waals surface area contributed by atoms with Crippen molar-refractivity contribution in [2.45, 2.75) is 31.8 Å². The molecule has 1 saturated heterocycles. The summed E-state index contributed by atoms with van der Waals surface area (Å²) in [6.45, 7) is 2.85. The fourth-order valence-electron chi connectivity index (χ4n) is 5.75. The summed E-state index contributed by atoms with van der Waals surface area (Å²) in [4.78, 5) is 34.6. The highest BCUT2D eigenvalue weighted by atomic mass is 19.1. The number of hydrogen-bond donors (Lipinski definition) is 1. The van der Waals surface area contributed by atoms with Crippen molar-refractivity contribution in [1.82, 2.24) is 14.8 Å². The second-order valence-electron chi connectivity index (χ2n) is 9.59. The van der Waals surface area contributed by atoms with Crippen LogP contribution in [0.2, 0.25) is 0 Å². The number of H-pyrrole nitrogens is 1. The van der Waals surface area contributed by atoms with Gasteiger partial charge in [-0.25, -0.2) is 4.39 Å². The molecule has 2 aliphatic rings. The first-order chi connectivity index (χ1) is 18.0. The third kappa shape index (κ3) is 4.04. The Bertz CT molecular complexity index is 1480. The van der Waals surface area contributed by atoms with Crippen LogP contribution >= 0.6 is 0 Å². The van der Waals surface area contributed by atoms with Gasteiger partial charge in [-0.1, -0.05) is 48.5 Å². The summed E-state index contributed by atoms with van der Waals surface area (Å²) in [5.41, 5.74) is 4.78. The Labute approximate surface area is 214 Å². The Hall–Kier alpha value is -4.13. The topological polar surface area (TPSA) is 65.6 Å². The molecule has 6 rings (SSSR count). The number of benzene rings is 3. The summed E-state index contributed by atoms with van der Waals surface area (Å²) < 4.78 is 19.3. The van der Waals surface area contributed by atoms with Crippen LogP contribution in [0.1, 0.15) is 35.3 Å². The molecule has 0 aliphatic carbocycles. The Kier molecular flexibility index (Phi) is 5.91. The number of carbonyl (C=O) groups is 2. The lowest BCUT2D eigenvalue weighted by Gasteiger charge is -2.47. The molecule has 2 amide bonds. The van der Waals surface area contributed by atoms with Crippen LogP contribution in [-0.2, 0) is 22.4 Å². The molecule has 0 saturated carbocycles. The average Bonchev–Trinajstić information content (AvgIpc) is 3.29. The third-order valence-corrected chi connectivity index (χ3v) is 7.44. The minimum atomic E-state index is -0.610. The summed E-state index contributed by atoms with van der Waals surface area (Å²) in [5, 5.41) is 1.07. The molecule has 0 spiro atoms. The van der Waals surface area contributed by atoms with Crippen LogP contribution in [0.4, 0.5) is 4.39 Å². The van der Waals surface area contributed by atoms with Gasteiger partial charge in [-0.2, -0.15) is 0 Å². The molecule has 2 atom stereocenters. The summed E-state index contributed by atoms with van der Waals surface area (Å²) >= 11 is 0. The van der Waals surface area contributed by atoms with Crippen LogP contribution in [0.3, 0.4) is 0 Å². The molecule has 37 heavy (non-hydrogen) atoms. The normalized spacial score (nSPS) is 19.2. The number of nitrogens with one attached hydrogen (secondary N) is 1. The number of nitrogens with zero attached hydrogens (tertiary/aromatic N) is 2. The highest BCUT2D eigenvalue weighted by molar-refractivity contribution is 5.97. The second-order valence-corrected chi connectivity index (χ2v) is 9.59. The summed E-state index contributed by atoms with van der Waals surface area (Å²) in [7, 11) is 0. The molecule has 1 N–H and O–H groups in total. The Morgan fingerprint density at radius 2 is 1.76 bits per heavy atom. The fourth-order valence-corrected chi connectivity index (χ4v) is 5.75. The van der Waals surface area contributed by atoms with E-state index < -0.39 is 12.1 Å². The number of aromatic amines is 1. The molecule has 3 heterocycles. The van der Waals surface area contributed by atoms with E-state index in [0.29, 0.717) is 31.7 Å². The minimum absolute atomic E-state index is 0.0133. The zero-order valence-electron chi connectivity index (χ0n) is 20.6. The van der Waals surface area contributed by atoms with E-state index in [1.54, 1.807) is 21.9 Å². The van der Waals surface area contributed by atoms with E-state index in [1.807, 2.05) is 49.4 Å². The molecule has 1 aromatic heterocycles. The summed E-state index contributed by atoms with van der Waals surface area (Å²) in [5.74, 6) is 0.263. The molecule has 3 aromatic carbocycles. The summed E-state index contributed by atoms with van der Waals surface area (Å²) in [6, 6.07) is 21.0. The van der Waals surface area contributed by atoms with E-state index in [-0.39, 0.29) is 24.2 Å². The van der Waals surface area contributed by atoms with Gasteiger partial charge in [-0.3, -0.25) is 9.59 Å². The lowest BCUT2D eigenvalue weighted by atomic mass is 9.86. The van der Waals surface area contributed by atoms with Gasteiger partial charge in [-0.05, 0) is 48.7 Å². The predicted octanol–water partition coefficient (Wildman–Crippen LogP) is 4.63. The van der Waals surface area contributed by atoms with E-state index in [4.69, 9.17) is 4.74 Å². The van der Waals surface area contributed by atoms with Crippen molar-refractivity contribution in [2.24, 2.45) is 0 Å². The number of ether oxygens (including phenoxy) is 1. The SMILES string of the molecule is CCOc1ccccc1[C@@H]1c2[nH]c3ccccc3c2C[C@H]2C(=O)N(CCc3ccc(F)cc3)CC(=O)N12. The number of fused-ring (bicyclic) bond motifs is 4. The fraction of sp³-hybridized carbons (Fsp3) is 0.267. The highest BCUT2D eigenvalue weighted by Crippen LogP contribution is 2.44. The second kappa shape index (κ2) is 9.39. The first kappa shape index (κ1) is 23.3. The van der Waals surface area contributed by atoms with Crippen molar-refractivity contribution in [3.05, 3.63) is 101 Å². The Morgan fingerprint density at radius 3 is 2.57 bits per heavy atom. The molecule has 1 fully saturated rings. The average molecular weight is 498 g/mol. The molecule has 6 nitrogen and oxygen atoms in total. The van der Waals surface area contributed by atoms with E-state index >= 15 is 0 Å². The van der Waals surface area contributed by atoms with Gasteiger partial charge < -0.3 is 19.5 Å². The van der Waals surface area contributed by atoms with Crippen LogP contribution < -0.4 is 4.74 Å². The van der Waals surface area contributed by atoms with Crippen molar-refractivity contribution >= 4 is 22.7 Å². The highest BCUT2D eigenvalue weighted by Gasteiger charge is 2.48. The number of rotatable bonds is 6. The standard InChI is InChI=1S/C30H28FN3O3/c1-2-37-26-10-6-4-8-22(26)29-28-23(21-7-3-5-9-24(21)32-28)17-25-30(36)33(18-27(35)34(25)29)16-15-19-11-13-20(31)14-12-19/h3-14,25,29,32H,2,15-18H2,1H3/t25-,29+/m0/s1. The maximum Gasteiger partial charge on any atom is 0.246 e. The largest absolute Gasteiger partial charge is 0.494 e. The molecule has 0 radical (unpaired) electrons. The molecular formula is C30H28FN3O3. The van der Waals surface area contributed by atoms with Crippen molar-refractivity contribution < 1.29 is 18.7 Å². The number of para-hydroxylation sites is 2. The van der Waals surface area contributed by atoms with Gasteiger partial charge in [0.2, 0.25) is 11.8 Å². The van der Waals surface area contributed by atoms with Crippen molar-refractivity contribution in [3.8, 4) is 5.75 Å². The molecule has 188 valence electrons. The van der Waals surface area contributed by atoms with Crippen LogP contribution in [0.5, 0.6) is 5.75 Å². The molecule has 7 heteroatoms. The van der Waals surface area contributed by atoms with Crippen molar-refractivity contribution in [2.75, 3.05) is 19.7 Å². The van der Waals surface area contributed by atoms with Crippen molar-refractivity contribution in [1.29, 1.82) is 0 Å². The van der Waals surface area contributed by atoms with Gasteiger partial charge in [0.15, 0.2) is 0 Å². The molecule has 0 unspecified atom stereocenters. The Morgan fingerprint density at radius 1 is 1.00 bits per heavy atom. The van der Waals surface area contributed by atoms with Crippen molar-refractivity contribution in [3.63, 3.8) is 0 Å². The van der Waals surface area contributed by atoms with E-state index in [2.05, 4.69) is 11.1 Å². The van der Waals surface area contributed by atoms with Crippen LogP contribution in [0.25, 0.3) is 10.9 Å². The minimum Gasteiger partial charge on any atom is -0.494 e. The monoisotopic (exact) mass is 497 g/mol. The molecule has 4 aromatic rings. The van der Waals surface area contributed by atoms with E-state index in [0.717, 1.165) is 33.3 Å². The third-order valence-electron chi connectivity index (χ3n) is 7.44. The molecular weight excluding hydrogens is 469 g/mol. The Balaban J connectivity index is 1.40. The van der Waals surface area contributed by atoms with Gasteiger partial charge in [0, 0.05) is 35.1 Å².